The van der Waals surface area contributed by atoms with Crippen molar-refractivity contribution in [2.24, 2.45) is 5.73 Å². The molecule has 7 heteroatoms. The number of aromatic nitrogens is 1. The van der Waals surface area contributed by atoms with Gasteiger partial charge in [-0.1, -0.05) is 6.92 Å². The highest BCUT2D eigenvalue weighted by Crippen LogP contribution is 2.19. The van der Waals surface area contributed by atoms with Gasteiger partial charge in [-0.2, -0.15) is 0 Å². The molecule has 1 aliphatic rings. The average Bonchev–Trinajstić information content (AvgIpc) is 2.79. The summed E-state index contributed by atoms with van der Waals surface area (Å²) in [6, 6.07) is 1.07. The van der Waals surface area contributed by atoms with Gasteiger partial charge in [-0.15, -0.1) is 0 Å². The topological polar surface area (TPSA) is 77.6 Å². The number of morpholine rings is 1. The average molecular weight is 344 g/mol. The van der Waals surface area contributed by atoms with Gasteiger partial charge in [0, 0.05) is 23.8 Å². The second-order valence-corrected chi connectivity index (χ2v) is 5.64. The maximum atomic E-state index is 12.6. The lowest BCUT2D eigenvalue weighted by Crippen LogP contribution is -2.55. The zero-order chi connectivity index (χ0) is 14.7. The summed E-state index contributed by atoms with van der Waals surface area (Å²) in [6.07, 6.45) is 2.79. The van der Waals surface area contributed by atoms with E-state index in [9.17, 15) is 9.59 Å². The van der Waals surface area contributed by atoms with Crippen molar-refractivity contribution in [2.45, 2.75) is 25.9 Å². The zero-order valence-electron chi connectivity index (χ0n) is 11.3. The molecule has 1 fully saturated rings. The first-order chi connectivity index (χ1) is 9.54. The molecule has 1 unspecified atom stereocenters. The maximum absolute atomic E-state index is 12.6. The lowest BCUT2D eigenvalue weighted by atomic mass is 10.2. The molecule has 2 heterocycles. The van der Waals surface area contributed by atoms with Crippen LogP contribution in [0.2, 0.25) is 0 Å². The predicted molar refractivity (Wildman–Crippen MR) is 77.3 cm³/mol. The summed E-state index contributed by atoms with van der Waals surface area (Å²) in [6.45, 7) is 3.75. The highest BCUT2D eigenvalue weighted by molar-refractivity contribution is 9.10. The van der Waals surface area contributed by atoms with Gasteiger partial charge in [0.05, 0.1) is 13.2 Å². The van der Waals surface area contributed by atoms with Crippen molar-refractivity contribution >= 4 is 27.7 Å². The lowest BCUT2D eigenvalue weighted by Gasteiger charge is -2.33. The van der Waals surface area contributed by atoms with Gasteiger partial charge < -0.3 is 19.9 Å². The Labute approximate surface area is 126 Å². The SMILES string of the molecule is CCCn1cc(Br)cc1C(=O)N1CCOCC1C(N)=O. The van der Waals surface area contributed by atoms with Crippen molar-refractivity contribution in [1.29, 1.82) is 0 Å². The summed E-state index contributed by atoms with van der Waals surface area (Å²) >= 11 is 3.38. The smallest absolute Gasteiger partial charge is 0.271 e. The van der Waals surface area contributed by atoms with Crippen LogP contribution in [0.1, 0.15) is 23.8 Å². The minimum Gasteiger partial charge on any atom is -0.377 e. The van der Waals surface area contributed by atoms with Gasteiger partial charge in [0.2, 0.25) is 5.91 Å². The van der Waals surface area contributed by atoms with Gasteiger partial charge in [0.1, 0.15) is 11.7 Å². The first kappa shape index (κ1) is 15.1. The van der Waals surface area contributed by atoms with Crippen LogP contribution < -0.4 is 5.73 Å². The highest BCUT2D eigenvalue weighted by atomic mass is 79.9. The summed E-state index contributed by atoms with van der Waals surface area (Å²) in [7, 11) is 0. The first-order valence-corrected chi connectivity index (χ1v) is 7.37. The number of rotatable bonds is 4. The van der Waals surface area contributed by atoms with Gasteiger partial charge in [-0.25, -0.2) is 0 Å². The van der Waals surface area contributed by atoms with Crippen LogP contribution in [-0.2, 0) is 16.1 Å². The Morgan fingerprint density at radius 3 is 2.95 bits per heavy atom. The molecule has 2 rings (SSSR count). The number of carbonyl (C=O) groups is 2. The standard InChI is InChI=1S/C13H18BrN3O3/c1-2-3-16-7-9(14)6-10(16)13(19)17-4-5-20-8-11(17)12(15)18/h6-7,11H,2-5,8H2,1H3,(H2,15,18). The lowest BCUT2D eigenvalue weighted by molar-refractivity contribution is -0.127. The quantitative estimate of drug-likeness (QED) is 0.885. The van der Waals surface area contributed by atoms with E-state index < -0.39 is 11.9 Å². The van der Waals surface area contributed by atoms with E-state index in [-0.39, 0.29) is 12.5 Å². The molecule has 0 bridgehead atoms. The van der Waals surface area contributed by atoms with Crippen molar-refractivity contribution in [3.05, 3.63) is 22.4 Å². The number of nitrogens with two attached hydrogens (primary N) is 1. The van der Waals surface area contributed by atoms with Crippen LogP contribution in [0.4, 0.5) is 0 Å². The van der Waals surface area contributed by atoms with E-state index >= 15 is 0 Å². The molecule has 20 heavy (non-hydrogen) atoms. The summed E-state index contributed by atoms with van der Waals surface area (Å²) < 4.78 is 7.97. The second kappa shape index (κ2) is 6.41. The molecule has 110 valence electrons. The predicted octanol–water partition coefficient (Wildman–Crippen LogP) is 0.987. The van der Waals surface area contributed by atoms with E-state index in [1.165, 1.54) is 4.90 Å². The fourth-order valence-electron chi connectivity index (χ4n) is 2.31. The summed E-state index contributed by atoms with van der Waals surface area (Å²) in [5, 5.41) is 0. The number of hydrogen-bond acceptors (Lipinski definition) is 3. The fraction of sp³-hybridized carbons (Fsp3) is 0.538. The third-order valence-electron chi connectivity index (χ3n) is 3.26. The van der Waals surface area contributed by atoms with Gasteiger partial charge in [-0.05, 0) is 28.4 Å². The molecule has 1 saturated heterocycles. The number of hydrogen-bond donors (Lipinski definition) is 1. The van der Waals surface area contributed by atoms with E-state index in [1.54, 1.807) is 6.07 Å². The third-order valence-corrected chi connectivity index (χ3v) is 3.70. The highest BCUT2D eigenvalue weighted by Gasteiger charge is 2.33. The molecule has 0 saturated carbocycles. The Hall–Kier alpha value is -1.34. The number of amides is 2. The van der Waals surface area contributed by atoms with E-state index in [1.807, 2.05) is 17.7 Å². The van der Waals surface area contributed by atoms with E-state index in [0.717, 1.165) is 17.4 Å². The Morgan fingerprint density at radius 1 is 1.55 bits per heavy atom. The fourth-order valence-corrected chi connectivity index (χ4v) is 2.77. The van der Waals surface area contributed by atoms with E-state index in [4.69, 9.17) is 10.5 Å². The minimum absolute atomic E-state index is 0.163. The summed E-state index contributed by atoms with van der Waals surface area (Å²) in [4.78, 5) is 25.6. The molecule has 0 spiro atoms. The van der Waals surface area contributed by atoms with Crippen molar-refractivity contribution in [3.8, 4) is 0 Å². The van der Waals surface area contributed by atoms with Gasteiger partial charge in [0.25, 0.3) is 5.91 Å². The van der Waals surface area contributed by atoms with Crippen LogP contribution in [0, 0.1) is 0 Å². The molecule has 2 amide bonds. The Balaban J connectivity index is 2.27. The van der Waals surface area contributed by atoms with Crippen LogP contribution in [0.15, 0.2) is 16.7 Å². The van der Waals surface area contributed by atoms with Gasteiger partial charge in [-0.3, -0.25) is 9.59 Å². The van der Waals surface area contributed by atoms with E-state index in [0.29, 0.717) is 18.8 Å². The van der Waals surface area contributed by atoms with E-state index in [2.05, 4.69) is 15.9 Å². The minimum atomic E-state index is -0.694. The molecule has 0 aromatic carbocycles. The van der Waals surface area contributed by atoms with Crippen molar-refractivity contribution in [1.82, 2.24) is 9.47 Å². The van der Waals surface area contributed by atoms with Crippen LogP contribution in [-0.4, -0.2) is 47.1 Å². The molecule has 1 atom stereocenters. The number of primary amides is 1. The number of carbonyl (C=O) groups excluding carboxylic acids is 2. The maximum Gasteiger partial charge on any atom is 0.271 e. The number of ether oxygens (including phenoxy) is 1. The molecule has 1 aromatic heterocycles. The van der Waals surface area contributed by atoms with Crippen LogP contribution in [0.25, 0.3) is 0 Å². The third kappa shape index (κ3) is 3.04. The van der Waals surface area contributed by atoms with Crippen LogP contribution in [0.3, 0.4) is 0 Å². The van der Waals surface area contributed by atoms with Crippen molar-refractivity contribution in [2.75, 3.05) is 19.8 Å². The molecular formula is C13H18BrN3O3. The monoisotopic (exact) mass is 343 g/mol. The number of aryl methyl sites for hydroxylation is 1. The first-order valence-electron chi connectivity index (χ1n) is 6.58. The van der Waals surface area contributed by atoms with Crippen molar-refractivity contribution < 1.29 is 14.3 Å². The second-order valence-electron chi connectivity index (χ2n) is 4.73. The zero-order valence-corrected chi connectivity index (χ0v) is 12.9. The normalized spacial score (nSPS) is 19.1. The Bertz CT molecular complexity index is 515. The van der Waals surface area contributed by atoms with Gasteiger partial charge >= 0.3 is 0 Å². The number of nitrogens with zero attached hydrogens (tertiary/aromatic N) is 2. The number of halogens is 1. The molecule has 6 nitrogen and oxygen atoms in total. The largest absolute Gasteiger partial charge is 0.377 e. The van der Waals surface area contributed by atoms with Gasteiger partial charge in [0.15, 0.2) is 0 Å². The van der Waals surface area contributed by atoms with Crippen LogP contribution in [0.5, 0.6) is 0 Å². The van der Waals surface area contributed by atoms with Crippen molar-refractivity contribution in [3.63, 3.8) is 0 Å². The molecule has 2 N–H and O–H groups in total. The Kier molecular flexibility index (Phi) is 4.82. The summed E-state index contributed by atoms with van der Waals surface area (Å²) in [5.41, 5.74) is 5.91. The molecule has 1 aromatic rings. The molecule has 0 aliphatic carbocycles. The Morgan fingerprint density at radius 2 is 2.30 bits per heavy atom. The summed E-state index contributed by atoms with van der Waals surface area (Å²) in [5.74, 6) is -0.720. The molecule has 1 aliphatic heterocycles. The molecular weight excluding hydrogens is 326 g/mol. The molecule has 0 radical (unpaired) electrons. The van der Waals surface area contributed by atoms with Crippen LogP contribution >= 0.6 is 15.9 Å².